The number of carboxylic acid groups (broad SMARTS) is 1. The van der Waals surface area contributed by atoms with Crippen LogP contribution in [0.25, 0.3) is 0 Å². The van der Waals surface area contributed by atoms with E-state index in [9.17, 15) is 4.79 Å². The van der Waals surface area contributed by atoms with Gasteiger partial charge in [0.25, 0.3) is 0 Å². The molecule has 19 heavy (non-hydrogen) atoms. The molecule has 4 nitrogen and oxygen atoms in total. The van der Waals surface area contributed by atoms with Crippen molar-refractivity contribution >= 4 is 29.3 Å². The Kier molecular flexibility index (Phi) is 4.05. The Hall–Kier alpha value is -2.03. The highest BCUT2D eigenvalue weighted by Crippen LogP contribution is 2.29. The van der Waals surface area contributed by atoms with E-state index in [1.165, 1.54) is 30.1 Å². The fourth-order valence-corrected chi connectivity index (χ4v) is 2.35. The van der Waals surface area contributed by atoms with Crippen LogP contribution in [0, 0.1) is 11.3 Å². The van der Waals surface area contributed by atoms with E-state index in [1.807, 2.05) is 6.07 Å². The van der Waals surface area contributed by atoms with Crippen LogP contribution < -0.4 is 0 Å². The van der Waals surface area contributed by atoms with Crippen LogP contribution in [0.15, 0.2) is 46.5 Å². The van der Waals surface area contributed by atoms with Gasteiger partial charge >= 0.3 is 5.97 Å². The van der Waals surface area contributed by atoms with Crippen LogP contribution in [0.2, 0.25) is 5.02 Å². The number of nitriles is 1. The predicted molar refractivity (Wildman–Crippen MR) is 71.5 cm³/mol. The molecule has 0 atom stereocenters. The van der Waals surface area contributed by atoms with Gasteiger partial charge in [-0.3, -0.25) is 0 Å². The van der Waals surface area contributed by atoms with E-state index in [4.69, 9.17) is 22.0 Å². The Bertz CT molecular complexity index is 665. The van der Waals surface area contributed by atoms with Crippen LogP contribution in [0.3, 0.4) is 0 Å². The molecule has 0 amide bonds. The first-order valence-corrected chi connectivity index (χ1v) is 6.36. The van der Waals surface area contributed by atoms with Gasteiger partial charge in [-0.05, 0) is 30.3 Å². The highest BCUT2D eigenvalue weighted by molar-refractivity contribution is 7.99. The summed E-state index contributed by atoms with van der Waals surface area (Å²) < 4.78 is 0. The van der Waals surface area contributed by atoms with E-state index in [0.29, 0.717) is 10.6 Å². The summed E-state index contributed by atoms with van der Waals surface area (Å²) in [5, 5.41) is 18.5. The minimum atomic E-state index is -1.07. The number of carbonyl (C=O) groups is 1. The van der Waals surface area contributed by atoms with Gasteiger partial charge in [-0.2, -0.15) is 5.26 Å². The quantitative estimate of drug-likeness (QED) is 0.937. The molecule has 0 saturated carbocycles. The number of aromatic nitrogens is 1. The number of nitrogens with zero attached hydrogens (tertiary/aromatic N) is 2. The molecule has 0 bridgehead atoms. The molecule has 0 aliphatic carbocycles. The highest BCUT2D eigenvalue weighted by Gasteiger charge is 2.10. The van der Waals surface area contributed by atoms with Crippen LogP contribution in [0.5, 0.6) is 0 Å². The normalized spacial score (nSPS) is 9.89. The Morgan fingerprint density at radius 1 is 1.37 bits per heavy atom. The van der Waals surface area contributed by atoms with Gasteiger partial charge in [0.1, 0.15) is 11.1 Å². The molecule has 0 aliphatic heterocycles. The van der Waals surface area contributed by atoms with Crippen LogP contribution in [-0.2, 0) is 0 Å². The second kappa shape index (κ2) is 5.74. The smallest absolute Gasteiger partial charge is 0.337 e. The van der Waals surface area contributed by atoms with E-state index in [1.54, 1.807) is 18.2 Å². The number of aromatic carboxylic acids is 1. The number of rotatable bonds is 3. The first-order chi connectivity index (χ1) is 9.10. The van der Waals surface area contributed by atoms with E-state index < -0.39 is 5.97 Å². The Labute approximate surface area is 118 Å². The van der Waals surface area contributed by atoms with Crippen molar-refractivity contribution in [1.82, 2.24) is 4.98 Å². The summed E-state index contributed by atoms with van der Waals surface area (Å²) in [6.45, 7) is 0. The topological polar surface area (TPSA) is 74.0 Å². The van der Waals surface area contributed by atoms with Crippen LogP contribution in [0.4, 0.5) is 0 Å². The van der Waals surface area contributed by atoms with Crippen LogP contribution in [-0.4, -0.2) is 16.1 Å². The minimum absolute atomic E-state index is 0.0558. The maximum atomic E-state index is 11.0. The predicted octanol–water partition coefficient (Wildman–Crippen LogP) is 3.46. The van der Waals surface area contributed by atoms with Gasteiger partial charge in [0, 0.05) is 11.1 Å². The van der Waals surface area contributed by atoms with Crippen molar-refractivity contribution in [3.05, 3.63) is 52.7 Å². The Morgan fingerprint density at radius 3 is 2.74 bits per heavy atom. The summed E-state index contributed by atoms with van der Waals surface area (Å²) in [7, 11) is 0. The van der Waals surface area contributed by atoms with Crippen molar-refractivity contribution in [2.75, 3.05) is 0 Å². The summed E-state index contributed by atoms with van der Waals surface area (Å²) in [6.07, 6.45) is 1.47. The number of halogens is 1. The average Bonchev–Trinajstić information content (AvgIpc) is 2.41. The van der Waals surface area contributed by atoms with E-state index >= 15 is 0 Å². The molecular formula is C13H7ClN2O2S. The van der Waals surface area contributed by atoms with Gasteiger partial charge in [-0.15, -0.1) is 0 Å². The Morgan fingerprint density at radius 2 is 2.16 bits per heavy atom. The number of pyridine rings is 1. The zero-order valence-corrected chi connectivity index (χ0v) is 11.1. The lowest BCUT2D eigenvalue weighted by Gasteiger charge is -2.04. The maximum Gasteiger partial charge on any atom is 0.337 e. The molecule has 0 fully saturated rings. The molecule has 2 aromatic rings. The van der Waals surface area contributed by atoms with Gasteiger partial charge in [0.2, 0.25) is 0 Å². The third-order valence-electron chi connectivity index (χ3n) is 2.26. The van der Waals surface area contributed by atoms with Gasteiger partial charge in [-0.25, -0.2) is 9.78 Å². The van der Waals surface area contributed by atoms with Crippen molar-refractivity contribution in [2.45, 2.75) is 9.92 Å². The summed E-state index contributed by atoms with van der Waals surface area (Å²) in [5.41, 5.74) is 0.534. The lowest BCUT2D eigenvalue weighted by Crippen LogP contribution is -1.97. The number of carboxylic acids is 1. The second-order valence-corrected chi connectivity index (χ2v) is 5.05. The highest BCUT2D eigenvalue weighted by atomic mass is 35.5. The molecule has 1 N–H and O–H groups in total. The van der Waals surface area contributed by atoms with Crippen LogP contribution in [0.1, 0.15) is 15.9 Å². The molecule has 0 saturated heterocycles. The lowest BCUT2D eigenvalue weighted by atomic mass is 10.2. The number of benzene rings is 1. The lowest BCUT2D eigenvalue weighted by molar-refractivity contribution is 0.0697. The van der Waals surface area contributed by atoms with Crippen LogP contribution >= 0.6 is 23.4 Å². The van der Waals surface area contributed by atoms with Gasteiger partial charge in [-0.1, -0.05) is 23.4 Å². The fraction of sp³-hybridized carbons (Fsp3) is 0. The van der Waals surface area contributed by atoms with E-state index in [2.05, 4.69) is 4.98 Å². The molecule has 0 aliphatic rings. The first kappa shape index (κ1) is 13.4. The van der Waals surface area contributed by atoms with Crippen molar-refractivity contribution in [3.63, 3.8) is 0 Å². The summed E-state index contributed by atoms with van der Waals surface area (Å²) in [4.78, 5) is 15.8. The largest absolute Gasteiger partial charge is 0.478 e. The number of hydrogen-bond donors (Lipinski definition) is 1. The SMILES string of the molecule is N#Cc1ccc(Sc2ccc(Cl)c(C(=O)O)c2)nc1. The van der Waals surface area contributed by atoms with Gasteiger partial charge < -0.3 is 5.11 Å². The molecule has 1 aromatic heterocycles. The van der Waals surface area contributed by atoms with Crippen molar-refractivity contribution in [2.24, 2.45) is 0 Å². The minimum Gasteiger partial charge on any atom is -0.478 e. The molecule has 2 rings (SSSR count). The second-order valence-electron chi connectivity index (χ2n) is 3.55. The van der Waals surface area contributed by atoms with E-state index in [-0.39, 0.29) is 10.6 Å². The zero-order chi connectivity index (χ0) is 13.8. The molecule has 0 radical (unpaired) electrons. The van der Waals surface area contributed by atoms with Gasteiger partial charge in [0.05, 0.1) is 16.1 Å². The van der Waals surface area contributed by atoms with Crippen molar-refractivity contribution in [1.29, 1.82) is 5.26 Å². The summed E-state index contributed by atoms with van der Waals surface area (Å²) >= 11 is 7.10. The van der Waals surface area contributed by atoms with Gasteiger partial charge in [0.15, 0.2) is 0 Å². The maximum absolute atomic E-state index is 11.0. The Balaban J connectivity index is 2.25. The monoisotopic (exact) mass is 290 g/mol. The zero-order valence-electron chi connectivity index (χ0n) is 9.50. The third-order valence-corrected chi connectivity index (χ3v) is 3.53. The average molecular weight is 291 g/mol. The molecule has 6 heteroatoms. The molecule has 0 unspecified atom stereocenters. The van der Waals surface area contributed by atoms with E-state index in [0.717, 1.165) is 4.90 Å². The molecule has 1 aromatic carbocycles. The first-order valence-electron chi connectivity index (χ1n) is 5.17. The standard InChI is InChI=1S/C13H7ClN2O2S/c14-11-3-2-9(5-10(11)13(17)18)19-12-4-1-8(6-15)7-16-12/h1-5,7H,(H,17,18). The number of hydrogen-bond acceptors (Lipinski definition) is 4. The third kappa shape index (κ3) is 3.25. The van der Waals surface area contributed by atoms with Crippen molar-refractivity contribution < 1.29 is 9.90 Å². The summed E-state index contributed by atoms with van der Waals surface area (Å²) in [6, 6.07) is 10.1. The molecule has 0 spiro atoms. The fourth-order valence-electron chi connectivity index (χ4n) is 1.36. The summed E-state index contributed by atoms with van der Waals surface area (Å²) in [5.74, 6) is -1.07. The molecular weight excluding hydrogens is 284 g/mol. The molecule has 1 heterocycles. The van der Waals surface area contributed by atoms with Crippen molar-refractivity contribution in [3.8, 4) is 6.07 Å². The molecule has 94 valence electrons.